The minimum atomic E-state index is 0.261. The van der Waals surface area contributed by atoms with E-state index in [1.807, 2.05) is 37.4 Å². The van der Waals surface area contributed by atoms with Crippen molar-refractivity contribution in [2.75, 3.05) is 60.5 Å². The van der Waals surface area contributed by atoms with E-state index in [0.717, 1.165) is 52.2 Å². The number of hydrogen-bond acceptors (Lipinski definition) is 5. The lowest BCUT2D eigenvalue weighted by Crippen LogP contribution is -2.49. The van der Waals surface area contributed by atoms with Crippen LogP contribution >= 0.6 is 11.3 Å². The maximum atomic E-state index is 12.3. The first kappa shape index (κ1) is 18.8. The van der Waals surface area contributed by atoms with Crippen molar-refractivity contribution in [3.63, 3.8) is 0 Å². The van der Waals surface area contributed by atoms with Gasteiger partial charge in [0, 0.05) is 50.6 Å². The van der Waals surface area contributed by atoms with Gasteiger partial charge in [0.05, 0.1) is 13.2 Å². The van der Waals surface area contributed by atoms with Gasteiger partial charge in [-0.15, -0.1) is 11.3 Å². The lowest BCUT2D eigenvalue weighted by molar-refractivity contribution is -0.134. The summed E-state index contributed by atoms with van der Waals surface area (Å²) in [6.07, 6.45) is 2.20. The summed E-state index contributed by atoms with van der Waals surface area (Å²) >= 11 is 1.84. The highest BCUT2D eigenvalue weighted by molar-refractivity contribution is 7.09. The van der Waals surface area contributed by atoms with Crippen molar-refractivity contribution >= 4 is 17.2 Å². The first-order chi connectivity index (χ1) is 12.0. The van der Waals surface area contributed by atoms with E-state index < -0.39 is 0 Å². The minimum absolute atomic E-state index is 0.261. The van der Waals surface area contributed by atoms with Crippen molar-refractivity contribution < 1.29 is 9.53 Å². The molecule has 1 spiro atoms. The molecule has 3 rings (SSSR count). The molecule has 1 amide bonds. The molecule has 0 unspecified atom stereocenters. The zero-order chi connectivity index (χ0) is 17.9. The van der Waals surface area contributed by atoms with Crippen LogP contribution in [0.5, 0.6) is 0 Å². The normalized spacial score (nSPS) is 23.7. The maximum absolute atomic E-state index is 12.3. The van der Waals surface area contributed by atoms with E-state index in [0.29, 0.717) is 17.9 Å². The number of hydrogen-bond donors (Lipinski definition) is 0. The zero-order valence-electron chi connectivity index (χ0n) is 15.7. The highest BCUT2D eigenvalue weighted by Crippen LogP contribution is 2.45. The predicted molar refractivity (Wildman–Crippen MR) is 102 cm³/mol. The van der Waals surface area contributed by atoms with Crippen LogP contribution in [0.4, 0.5) is 0 Å². The molecule has 0 aromatic carbocycles. The van der Waals surface area contributed by atoms with E-state index >= 15 is 0 Å². The van der Waals surface area contributed by atoms with Crippen molar-refractivity contribution in [1.82, 2.24) is 14.7 Å². The van der Waals surface area contributed by atoms with Crippen LogP contribution in [0.2, 0.25) is 0 Å². The third kappa shape index (κ3) is 4.42. The van der Waals surface area contributed by atoms with Crippen LogP contribution < -0.4 is 0 Å². The molecule has 0 aliphatic carbocycles. The number of rotatable bonds is 6. The lowest BCUT2D eigenvalue weighted by atomic mass is 9.71. The third-order valence-corrected chi connectivity index (χ3v) is 6.64. The Morgan fingerprint density at radius 3 is 2.76 bits per heavy atom. The fraction of sp³-hybridized carbons (Fsp3) is 0.737. The Labute approximate surface area is 155 Å². The van der Waals surface area contributed by atoms with E-state index in [2.05, 4.69) is 27.3 Å². The number of carbonyl (C=O) groups excluding carboxylic acids is 1. The highest BCUT2D eigenvalue weighted by atomic mass is 32.1. The first-order valence-electron chi connectivity index (χ1n) is 9.18. The molecular formula is C19H31N3O2S. The van der Waals surface area contributed by atoms with Crippen molar-refractivity contribution in [2.45, 2.75) is 19.4 Å². The van der Waals surface area contributed by atoms with E-state index in [4.69, 9.17) is 4.74 Å². The molecular weight excluding hydrogens is 334 g/mol. The van der Waals surface area contributed by atoms with Gasteiger partial charge in [-0.1, -0.05) is 6.07 Å². The number of nitrogens with zero attached hydrogens (tertiary/aromatic N) is 3. The molecule has 25 heavy (non-hydrogen) atoms. The molecule has 6 heteroatoms. The number of likely N-dealkylation sites (N-methyl/N-ethyl adjacent to an activating group) is 1. The Bertz CT molecular complexity index is 553. The molecule has 5 nitrogen and oxygen atoms in total. The van der Waals surface area contributed by atoms with Gasteiger partial charge in [0.2, 0.25) is 5.91 Å². The third-order valence-electron chi connectivity index (χ3n) is 5.77. The molecule has 0 saturated carbocycles. The summed E-state index contributed by atoms with van der Waals surface area (Å²) in [5, 5.41) is 2.16. The monoisotopic (exact) mass is 365 g/mol. The molecule has 1 aromatic heterocycles. The van der Waals surface area contributed by atoms with Crippen molar-refractivity contribution in [3.8, 4) is 0 Å². The number of ether oxygens (including phenoxy) is 1. The van der Waals surface area contributed by atoms with Gasteiger partial charge in [0.25, 0.3) is 0 Å². The Balaban J connectivity index is 1.62. The van der Waals surface area contributed by atoms with Gasteiger partial charge < -0.3 is 14.5 Å². The summed E-state index contributed by atoms with van der Waals surface area (Å²) in [7, 11) is 5.72. The molecule has 2 saturated heterocycles. The molecule has 1 atom stereocenters. The highest BCUT2D eigenvalue weighted by Gasteiger charge is 2.48. The number of carbonyl (C=O) groups is 1. The molecule has 0 radical (unpaired) electrons. The second kappa shape index (κ2) is 8.16. The largest absolute Gasteiger partial charge is 0.384 e. The number of thiophene rings is 1. The fourth-order valence-corrected chi connectivity index (χ4v) is 5.20. The Morgan fingerprint density at radius 1 is 1.40 bits per heavy atom. The number of likely N-dealkylation sites (tertiary alicyclic amines) is 2. The maximum Gasteiger partial charge on any atom is 0.236 e. The van der Waals surface area contributed by atoms with Crippen LogP contribution in [0.15, 0.2) is 17.5 Å². The van der Waals surface area contributed by atoms with E-state index in [9.17, 15) is 4.79 Å². The second-order valence-corrected chi connectivity index (χ2v) is 8.91. The molecule has 0 bridgehead atoms. The summed E-state index contributed by atoms with van der Waals surface area (Å²) in [4.78, 5) is 20.4. The summed E-state index contributed by atoms with van der Waals surface area (Å²) in [6, 6.07) is 4.36. The van der Waals surface area contributed by atoms with Gasteiger partial charge in [-0.3, -0.25) is 9.69 Å². The van der Waals surface area contributed by atoms with Gasteiger partial charge >= 0.3 is 0 Å². The SMILES string of the molecule is COC[C@H]1CN(Cc2cccs2)CC12CCN(C(=O)CN(C)C)CC2. The summed E-state index contributed by atoms with van der Waals surface area (Å²) < 4.78 is 5.55. The van der Waals surface area contributed by atoms with Gasteiger partial charge in [0.15, 0.2) is 0 Å². The smallest absolute Gasteiger partial charge is 0.236 e. The lowest BCUT2D eigenvalue weighted by Gasteiger charge is -2.43. The molecule has 2 aliphatic heterocycles. The fourth-order valence-electron chi connectivity index (χ4n) is 4.46. The van der Waals surface area contributed by atoms with Crippen LogP contribution in [0, 0.1) is 11.3 Å². The van der Waals surface area contributed by atoms with Gasteiger partial charge in [0.1, 0.15) is 0 Å². The average molecular weight is 366 g/mol. The van der Waals surface area contributed by atoms with Gasteiger partial charge in [-0.05, 0) is 43.8 Å². The van der Waals surface area contributed by atoms with E-state index in [1.54, 1.807) is 0 Å². The second-order valence-electron chi connectivity index (χ2n) is 7.88. The van der Waals surface area contributed by atoms with Crippen molar-refractivity contribution in [1.29, 1.82) is 0 Å². The van der Waals surface area contributed by atoms with E-state index in [-0.39, 0.29) is 5.91 Å². The van der Waals surface area contributed by atoms with Crippen molar-refractivity contribution in [2.24, 2.45) is 11.3 Å². The first-order valence-corrected chi connectivity index (χ1v) is 10.1. The Kier molecular flexibility index (Phi) is 6.15. The van der Waals surface area contributed by atoms with Gasteiger partial charge in [-0.2, -0.15) is 0 Å². The number of amides is 1. The summed E-state index contributed by atoms with van der Waals surface area (Å²) in [5.74, 6) is 0.833. The zero-order valence-corrected chi connectivity index (χ0v) is 16.6. The quantitative estimate of drug-likeness (QED) is 0.773. The summed E-state index contributed by atoms with van der Waals surface area (Å²) in [5.41, 5.74) is 0.308. The van der Waals surface area contributed by atoms with E-state index in [1.165, 1.54) is 4.88 Å². The predicted octanol–water partition coefficient (Wildman–Crippen LogP) is 2.00. The van der Waals surface area contributed by atoms with Crippen molar-refractivity contribution in [3.05, 3.63) is 22.4 Å². The molecule has 2 fully saturated rings. The van der Waals surface area contributed by atoms with Crippen LogP contribution in [-0.4, -0.2) is 81.1 Å². The topological polar surface area (TPSA) is 36.0 Å². The van der Waals surface area contributed by atoms with Crippen LogP contribution in [-0.2, 0) is 16.1 Å². The van der Waals surface area contributed by atoms with Crippen LogP contribution in [0.3, 0.4) is 0 Å². The molecule has 1 aromatic rings. The Morgan fingerprint density at radius 2 is 2.16 bits per heavy atom. The van der Waals surface area contributed by atoms with Crippen LogP contribution in [0.25, 0.3) is 0 Å². The summed E-state index contributed by atoms with van der Waals surface area (Å²) in [6.45, 7) is 6.40. The molecule has 2 aliphatic rings. The number of piperidine rings is 1. The molecule has 140 valence electrons. The van der Waals surface area contributed by atoms with Crippen LogP contribution in [0.1, 0.15) is 17.7 Å². The standard InChI is InChI=1S/C19H31N3O2S/c1-20(2)13-18(23)22-8-6-19(7-9-22)15-21(11-16(19)14-24-3)12-17-5-4-10-25-17/h4-5,10,16H,6-9,11-15H2,1-3H3/t16-/m1/s1. The Hall–Kier alpha value is -0.950. The average Bonchev–Trinajstić information content (AvgIpc) is 3.17. The van der Waals surface area contributed by atoms with Gasteiger partial charge in [-0.25, -0.2) is 0 Å². The minimum Gasteiger partial charge on any atom is -0.384 e. The number of methoxy groups -OCH3 is 1. The molecule has 3 heterocycles. The molecule has 0 N–H and O–H groups in total.